The van der Waals surface area contributed by atoms with Gasteiger partial charge < -0.3 is 10.2 Å². The second-order valence-corrected chi connectivity index (χ2v) is 7.22. The fourth-order valence-corrected chi connectivity index (χ4v) is 3.45. The van der Waals surface area contributed by atoms with Crippen molar-refractivity contribution in [2.75, 3.05) is 16.8 Å². The van der Waals surface area contributed by atoms with Gasteiger partial charge in [0.2, 0.25) is 5.95 Å². The van der Waals surface area contributed by atoms with Gasteiger partial charge in [0, 0.05) is 24.5 Å². The maximum absolute atomic E-state index is 12.6. The quantitative estimate of drug-likeness (QED) is 0.853. The minimum Gasteiger partial charge on any atom is -0.338 e. The Labute approximate surface area is 155 Å². The molecule has 2 aromatic rings. The average molecular weight is 352 g/mol. The molecular weight excluding hydrogens is 324 g/mol. The molecule has 3 rings (SSSR count). The zero-order valence-corrected chi connectivity index (χ0v) is 15.9. The van der Waals surface area contributed by atoms with E-state index in [2.05, 4.69) is 41.0 Å². The summed E-state index contributed by atoms with van der Waals surface area (Å²) in [6, 6.07) is 10.1. The summed E-state index contributed by atoms with van der Waals surface area (Å²) in [4.78, 5) is 23.8. The summed E-state index contributed by atoms with van der Waals surface area (Å²) >= 11 is 0. The first-order valence-corrected chi connectivity index (χ1v) is 9.59. The van der Waals surface area contributed by atoms with Crippen LogP contribution in [0.2, 0.25) is 0 Å². The Morgan fingerprint density at radius 1 is 1.23 bits per heavy atom. The molecule has 1 saturated heterocycles. The summed E-state index contributed by atoms with van der Waals surface area (Å²) in [5.41, 5.74) is 2.44. The van der Waals surface area contributed by atoms with Gasteiger partial charge >= 0.3 is 0 Å². The van der Waals surface area contributed by atoms with Crippen molar-refractivity contribution in [1.82, 2.24) is 9.97 Å². The van der Waals surface area contributed by atoms with Crippen LogP contribution in [0.3, 0.4) is 0 Å². The highest BCUT2D eigenvalue weighted by molar-refractivity contribution is 6.02. The molecule has 5 nitrogen and oxygen atoms in total. The Morgan fingerprint density at radius 2 is 2.00 bits per heavy atom. The number of nitrogens with one attached hydrogen (secondary N) is 1. The lowest BCUT2D eigenvalue weighted by atomic mass is 10.0. The third-order valence-electron chi connectivity index (χ3n) is 5.07. The molecule has 0 bridgehead atoms. The van der Waals surface area contributed by atoms with Gasteiger partial charge in [0.15, 0.2) is 0 Å². The molecule has 0 spiro atoms. The Morgan fingerprint density at radius 3 is 2.69 bits per heavy atom. The first-order chi connectivity index (χ1) is 12.6. The summed E-state index contributed by atoms with van der Waals surface area (Å²) in [7, 11) is 0. The lowest BCUT2D eigenvalue weighted by Gasteiger charge is -2.35. The van der Waals surface area contributed by atoms with Crippen molar-refractivity contribution in [2.24, 2.45) is 0 Å². The number of carbonyl (C=O) groups is 1. The highest BCUT2D eigenvalue weighted by atomic mass is 16.1. The molecule has 1 fully saturated rings. The highest BCUT2D eigenvalue weighted by Crippen LogP contribution is 2.24. The third-order valence-corrected chi connectivity index (χ3v) is 5.07. The second kappa shape index (κ2) is 8.30. The molecular formula is C21H28N4O. The molecule has 1 aromatic heterocycles. The number of anilines is 2. The van der Waals surface area contributed by atoms with Crippen LogP contribution < -0.4 is 10.2 Å². The Hall–Kier alpha value is -2.43. The average Bonchev–Trinajstić information content (AvgIpc) is 2.68. The summed E-state index contributed by atoms with van der Waals surface area (Å²) < 4.78 is 0. The Kier molecular flexibility index (Phi) is 5.86. The fourth-order valence-electron chi connectivity index (χ4n) is 3.45. The van der Waals surface area contributed by atoms with Crippen LogP contribution in [-0.4, -0.2) is 28.5 Å². The van der Waals surface area contributed by atoms with E-state index in [1.807, 2.05) is 24.3 Å². The van der Waals surface area contributed by atoms with Gasteiger partial charge in [0.05, 0.1) is 0 Å². The number of carbonyl (C=O) groups excluding carboxylic acids is 1. The van der Waals surface area contributed by atoms with Gasteiger partial charge in [-0.15, -0.1) is 0 Å². The molecule has 0 aliphatic carbocycles. The largest absolute Gasteiger partial charge is 0.338 e. The van der Waals surface area contributed by atoms with Gasteiger partial charge in [-0.05, 0) is 55.4 Å². The topological polar surface area (TPSA) is 58.1 Å². The van der Waals surface area contributed by atoms with Crippen molar-refractivity contribution in [3.63, 3.8) is 0 Å². The Balaban J connectivity index is 1.73. The number of amides is 1. The van der Waals surface area contributed by atoms with Crippen LogP contribution in [0.1, 0.15) is 68.4 Å². The predicted octanol–water partition coefficient (Wildman–Crippen LogP) is 4.62. The zero-order chi connectivity index (χ0) is 18.5. The van der Waals surface area contributed by atoms with Gasteiger partial charge in [-0.2, -0.15) is 0 Å². The summed E-state index contributed by atoms with van der Waals surface area (Å²) in [6.07, 6.45) is 6.32. The molecule has 0 saturated carbocycles. The smallest absolute Gasteiger partial charge is 0.274 e. The van der Waals surface area contributed by atoms with Gasteiger partial charge in [0.1, 0.15) is 5.69 Å². The number of aromatic nitrogens is 2. The van der Waals surface area contributed by atoms with E-state index in [1.54, 1.807) is 12.3 Å². The van der Waals surface area contributed by atoms with Gasteiger partial charge in [-0.3, -0.25) is 4.79 Å². The molecule has 2 heterocycles. The summed E-state index contributed by atoms with van der Waals surface area (Å²) in [5.74, 6) is 0.940. The maximum atomic E-state index is 12.6. The van der Waals surface area contributed by atoms with E-state index < -0.39 is 0 Å². The van der Waals surface area contributed by atoms with Crippen molar-refractivity contribution in [1.29, 1.82) is 0 Å². The second-order valence-electron chi connectivity index (χ2n) is 7.22. The van der Waals surface area contributed by atoms with Crippen LogP contribution in [-0.2, 0) is 0 Å². The van der Waals surface area contributed by atoms with Gasteiger partial charge in [0.25, 0.3) is 5.91 Å². The molecule has 1 amide bonds. The van der Waals surface area contributed by atoms with E-state index >= 15 is 0 Å². The van der Waals surface area contributed by atoms with E-state index in [4.69, 9.17) is 0 Å². The lowest BCUT2D eigenvalue weighted by Crippen LogP contribution is -2.40. The molecule has 1 atom stereocenters. The highest BCUT2D eigenvalue weighted by Gasteiger charge is 2.23. The SMILES string of the molecule is CCC1CCCCN1c1nccc(C(=O)Nc2ccc(C(C)C)cc2)n1. The van der Waals surface area contributed by atoms with Crippen LogP contribution in [0, 0.1) is 0 Å². The van der Waals surface area contributed by atoms with E-state index in [9.17, 15) is 4.79 Å². The van der Waals surface area contributed by atoms with Crippen LogP contribution >= 0.6 is 0 Å². The zero-order valence-electron chi connectivity index (χ0n) is 15.9. The molecule has 1 unspecified atom stereocenters. The van der Waals surface area contributed by atoms with Crippen molar-refractivity contribution >= 4 is 17.5 Å². The van der Waals surface area contributed by atoms with Crippen molar-refractivity contribution in [3.8, 4) is 0 Å². The monoisotopic (exact) mass is 352 g/mol. The minimum absolute atomic E-state index is 0.198. The number of hydrogen-bond donors (Lipinski definition) is 1. The van der Waals surface area contributed by atoms with Crippen LogP contribution in [0.15, 0.2) is 36.5 Å². The maximum Gasteiger partial charge on any atom is 0.274 e. The van der Waals surface area contributed by atoms with Crippen molar-refractivity contribution in [2.45, 2.75) is 58.4 Å². The summed E-state index contributed by atoms with van der Waals surface area (Å²) in [5, 5.41) is 2.93. The number of piperidine rings is 1. The van der Waals surface area contributed by atoms with Gasteiger partial charge in [-0.1, -0.05) is 32.9 Å². The van der Waals surface area contributed by atoms with E-state index in [1.165, 1.54) is 18.4 Å². The van der Waals surface area contributed by atoms with E-state index in [0.29, 0.717) is 23.6 Å². The van der Waals surface area contributed by atoms with Crippen LogP contribution in [0.25, 0.3) is 0 Å². The number of hydrogen-bond acceptors (Lipinski definition) is 4. The lowest BCUT2D eigenvalue weighted by molar-refractivity contribution is 0.102. The normalized spacial score (nSPS) is 17.4. The number of rotatable bonds is 5. The molecule has 1 aliphatic heterocycles. The first-order valence-electron chi connectivity index (χ1n) is 9.59. The van der Waals surface area contributed by atoms with Crippen LogP contribution in [0.4, 0.5) is 11.6 Å². The standard InChI is InChI=1S/C21H28N4O/c1-4-18-7-5-6-14-25(18)21-22-13-12-19(24-21)20(26)23-17-10-8-16(9-11-17)15(2)3/h8-13,15,18H,4-7,14H2,1-3H3,(H,23,26). The first kappa shape index (κ1) is 18.4. The molecule has 26 heavy (non-hydrogen) atoms. The van der Waals surface area contributed by atoms with E-state index in [-0.39, 0.29) is 5.91 Å². The number of benzene rings is 1. The molecule has 1 aliphatic rings. The van der Waals surface area contributed by atoms with Crippen molar-refractivity contribution in [3.05, 3.63) is 47.8 Å². The fraction of sp³-hybridized carbons (Fsp3) is 0.476. The summed E-state index contributed by atoms with van der Waals surface area (Å²) in [6.45, 7) is 7.46. The minimum atomic E-state index is -0.198. The number of nitrogens with zero attached hydrogens (tertiary/aromatic N) is 3. The van der Waals surface area contributed by atoms with Crippen molar-refractivity contribution < 1.29 is 4.79 Å². The molecule has 138 valence electrons. The third kappa shape index (κ3) is 4.21. The molecule has 5 heteroatoms. The molecule has 1 aromatic carbocycles. The predicted molar refractivity (Wildman–Crippen MR) is 106 cm³/mol. The van der Waals surface area contributed by atoms with E-state index in [0.717, 1.165) is 25.1 Å². The Bertz CT molecular complexity index is 742. The molecule has 1 N–H and O–H groups in total. The van der Waals surface area contributed by atoms with Crippen LogP contribution in [0.5, 0.6) is 0 Å². The molecule has 0 radical (unpaired) electrons. The van der Waals surface area contributed by atoms with Gasteiger partial charge in [-0.25, -0.2) is 9.97 Å².